The molecule has 1 saturated heterocycles. The summed E-state index contributed by atoms with van der Waals surface area (Å²) in [6.07, 6.45) is 4.22. The maximum absolute atomic E-state index is 12.5. The van der Waals surface area contributed by atoms with E-state index in [1.165, 1.54) is 11.1 Å². The summed E-state index contributed by atoms with van der Waals surface area (Å²) in [7, 11) is 0. The average molecular weight is 369 g/mol. The number of fused-ring (bicyclic) bond motifs is 3. The Morgan fingerprint density at radius 3 is 2.74 bits per heavy atom. The summed E-state index contributed by atoms with van der Waals surface area (Å²) in [5.74, 6) is 0.0223. The number of benzene rings is 1. The first-order valence-corrected chi connectivity index (χ1v) is 9.62. The predicted octanol–water partition coefficient (Wildman–Crippen LogP) is 3.46. The molecule has 1 aromatic heterocycles. The fourth-order valence-corrected chi connectivity index (χ4v) is 4.30. The number of ether oxygens (including phenoxy) is 1. The highest BCUT2D eigenvalue weighted by molar-refractivity contribution is 5.69. The van der Waals surface area contributed by atoms with Crippen molar-refractivity contribution in [2.45, 2.75) is 51.4 Å². The van der Waals surface area contributed by atoms with Crippen molar-refractivity contribution in [1.82, 2.24) is 14.5 Å². The van der Waals surface area contributed by atoms with E-state index in [0.717, 1.165) is 12.1 Å². The van der Waals surface area contributed by atoms with Crippen molar-refractivity contribution in [1.29, 1.82) is 0 Å². The van der Waals surface area contributed by atoms with Crippen molar-refractivity contribution >= 4 is 6.09 Å². The molecule has 3 atom stereocenters. The van der Waals surface area contributed by atoms with Crippen LogP contribution in [0, 0.1) is 5.92 Å². The third kappa shape index (κ3) is 3.34. The summed E-state index contributed by atoms with van der Waals surface area (Å²) in [5, 5.41) is 10.9. The zero-order valence-electron chi connectivity index (χ0n) is 16.1. The molecule has 0 radical (unpaired) electrons. The van der Waals surface area contributed by atoms with Gasteiger partial charge in [0.25, 0.3) is 0 Å². The van der Waals surface area contributed by atoms with Gasteiger partial charge in [-0.15, -0.1) is 0 Å². The van der Waals surface area contributed by atoms with Crippen LogP contribution in [-0.4, -0.2) is 50.4 Å². The van der Waals surface area contributed by atoms with Gasteiger partial charge in [-0.25, -0.2) is 9.78 Å². The minimum absolute atomic E-state index is 0.0223. The maximum Gasteiger partial charge on any atom is 0.410 e. The van der Waals surface area contributed by atoms with E-state index in [0.29, 0.717) is 19.5 Å². The number of aliphatic hydroxyl groups excluding tert-OH is 1. The second-order valence-corrected chi connectivity index (χ2v) is 8.49. The van der Waals surface area contributed by atoms with Gasteiger partial charge in [0.05, 0.1) is 30.4 Å². The molecule has 144 valence electrons. The number of imidazole rings is 1. The summed E-state index contributed by atoms with van der Waals surface area (Å²) in [4.78, 5) is 18.5. The summed E-state index contributed by atoms with van der Waals surface area (Å²) in [6.45, 7) is 6.71. The lowest BCUT2D eigenvalue weighted by Gasteiger charge is -2.28. The van der Waals surface area contributed by atoms with E-state index in [4.69, 9.17) is 4.74 Å². The van der Waals surface area contributed by atoms with Crippen molar-refractivity contribution in [3.05, 3.63) is 42.4 Å². The molecule has 2 aliphatic rings. The smallest absolute Gasteiger partial charge is 0.410 e. The second kappa shape index (κ2) is 6.68. The van der Waals surface area contributed by atoms with E-state index in [-0.39, 0.29) is 18.1 Å². The van der Waals surface area contributed by atoms with Crippen LogP contribution in [0.15, 0.2) is 36.8 Å². The van der Waals surface area contributed by atoms with Crippen molar-refractivity contribution in [2.75, 3.05) is 13.1 Å². The molecule has 0 spiro atoms. The van der Waals surface area contributed by atoms with Crippen molar-refractivity contribution in [3.63, 3.8) is 0 Å². The number of rotatable bonds is 1. The number of carbonyl (C=O) groups is 1. The number of hydrogen-bond acceptors (Lipinski definition) is 4. The van der Waals surface area contributed by atoms with Crippen molar-refractivity contribution in [2.24, 2.45) is 5.92 Å². The van der Waals surface area contributed by atoms with Gasteiger partial charge in [-0.05, 0) is 39.2 Å². The van der Waals surface area contributed by atoms with Gasteiger partial charge in [-0.3, -0.25) is 0 Å². The van der Waals surface area contributed by atoms with E-state index < -0.39 is 11.7 Å². The van der Waals surface area contributed by atoms with Gasteiger partial charge in [0, 0.05) is 24.6 Å². The van der Waals surface area contributed by atoms with Crippen LogP contribution in [0.1, 0.15) is 45.2 Å². The first kappa shape index (κ1) is 18.0. The molecule has 27 heavy (non-hydrogen) atoms. The Morgan fingerprint density at radius 1 is 1.22 bits per heavy atom. The quantitative estimate of drug-likeness (QED) is 0.836. The molecule has 4 rings (SSSR count). The highest BCUT2D eigenvalue weighted by atomic mass is 16.6. The van der Waals surface area contributed by atoms with Crippen LogP contribution >= 0.6 is 0 Å². The third-order valence-electron chi connectivity index (χ3n) is 5.50. The molecule has 6 nitrogen and oxygen atoms in total. The molecule has 6 heteroatoms. The Balaban J connectivity index is 1.58. The number of likely N-dealkylation sites (tertiary alicyclic amines) is 1. The van der Waals surface area contributed by atoms with Crippen LogP contribution in [0.2, 0.25) is 0 Å². The molecule has 2 aromatic rings. The number of aromatic nitrogens is 2. The molecule has 3 heterocycles. The lowest BCUT2D eigenvalue weighted by molar-refractivity contribution is 0.0251. The van der Waals surface area contributed by atoms with Crippen molar-refractivity contribution < 1.29 is 14.6 Å². The van der Waals surface area contributed by atoms with Gasteiger partial charge in [-0.1, -0.05) is 24.3 Å². The first-order chi connectivity index (χ1) is 12.8. The molecule has 1 amide bonds. The molecule has 0 aliphatic carbocycles. The van der Waals surface area contributed by atoms with Gasteiger partial charge < -0.3 is 19.3 Å². The van der Waals surface area contributed by atoms with Crippen LogP contribution < -0.4 is 0 Å². The molecule has 3 unspecified atom stereocenters. The largest absolute Gasteiger partial charge is 0.444 e. The predicted molar refractivity (Wildman–Crippen MR) is 102 cm³/mol. The second-order valence-electron chi connectivity index (χ2n) is 8.49. The lowest BCUT2D eigenvalue weighted by Crippen LogP contribution is -2.37. The highest BCUT2D eigenvalue weighted by Gasteiger charge is 2.39. The molecule has 1 fully saturated rings. The molecular formula is C21H27N3O3. The van der Waals surface area contributed by atoms with Crippen LogP contribution in [0.4, 0.5) is 4.79 Å². The highest BCUT2D eigenvalue weighted by Crippen LogP contribution is 2.45. The summed E-state index contributed by atoms with van der Waals surface area (Å²) < 4.78 is 7.69. The van der Waals surface area contributed by atoms with Crippen LogP contribution in [-0.2, 0) is 4.74 Å². The van der Waals surface area contributed by atoms with Crippen LogP contribution in [0.3, 0.4) is 0 Å². The average Bonchev–Trinajstić information content (AvgIpc) is 3.12. The lowest BCUT2D eigenvalue weighted by atomic mass is 9.85. The topological polar surface area (TPSA) is 67.6 Å². The fraction of sp³-hybridized carbons (Fsp3) is 0.524. The minimum Gasteiger partial charge on any atom is -0.444 e. The SMILES string of the molecule is CC(C)(C)OC(=O)N1CCC(O)C(C2c3ccccc3-c3cncn32)CC1. The number of carbonyl (C=O) groups excluding carboxylic acids is 1. The Kier molecular flexibility index (Phi) is 4.46. The van der Waals surface area contributed by atoms with E-state index >= 15 is 0 Å². The number of hydrogen-bond donors (Lipinski definition) is 1. The van der Waals surface area contributed by atoms with Gasteiger partial charge in [-0.2, -0.15) is 0 Å². The summed E-state index contributed by atoms with van der Waals surface area (Å²) in [6, 6.07) is 8.37. The Hall–Kier alpha value is -2.34. The molecule has 1 aromatic carbocycles. The molecule has 2 aliphatic heterocycles. The number of aliphatic hydroxyl groups is 1. The molecule has 0 bridgehead atoms. The monoisotopic (exact) mass is 369 g/mol. The normalized spacial score (nSPS) is 24.9. The number of amides is 1. The first-order valence-electron chi connectivity index (χ1n) is 9.62. The van der Waals surface area contributed by atoms with E-state index in [1.54, 1.807) is 4.90 Å². The zero-order valence-corrected chi connectivity index (χ0v) is 16.1. The van der Waals surface area contributed by atoms with Gasteiger partial charge in [0.1, 0.15) is 5.60 Å². The van der Waals surface area contributed by atoms with Crippen LogP contribution in [0.25, 0.3) is 11.3 Å². The molecule has 0 saturated carbocycles. The Bertz CT molecular complexity index is 839. The van der Waals surface area contributed by atoms with Gasteiger partial charge in [0.2, 0.25) is 0 Å². The van der Waals surface area contributed by atoms with E-state index in [1.807, 2.05) is 45.4 Å². The van der Waals surface area contributed by atoms with E-state index in [2.05, 4.69) is 21.7 Å². The maximum atomic E-state index is 12.5. The van der Waals surface area contributed by atoms with Gasteiger partial charge >= 0.3 is 6.09 Å². The minimum atomic E-state index is -0.516. The Morgan fingerprint density at radius 2 is 1.96 bits per heavy atom. The summed E-state index contributed by atoms with van der Waals surface area (Å²) >= 11 is 0. The Labute approximate surface area is 159 Å². The molecular weight excluding hydrogens is 342 g/mol. The summed E-state index contributed by atoms with van der Waals surface area (Å²) in [5.41, 5.74) is 2.98. The number of nitrogens with zero attached hydrogens (tertiary/aromatic N) is 3. The van der Waals surface area contributed by atoms with E-state index in [9.17, 15) is 9.90 Å². The van der Waals surface area contributed by atoms with Crippen molar-refractivity contribution in [3.8, 4) is 11.3 Å². The molecule has 1 N–H and O–H groups in total. The fourth-order valence-electron chi connectivity index (χ4n) is 4.30. The van der Waals surface area contributed by atoms with Gasteiger partial charge in [0.15, 0.2) is 0 Å². The standard InChI is InChI=1S/C21H27N3O3/c1-21(2,3)27-20(26)23-10-8-16(18(25)9-11-23)19-15-7-5-4-6-14(15)17-12-22-13-24(17)19/h4-7,12-13,16,18-19,25H,8-11H2,1-3H3. The van der Waals surface area contributed by atoms with Crippen LogP contribution in [0.5, 0.6) is 0 Å². The zero-order chi connectivity index (χ0) is 19.2. The third-order valence-corrected chi connectivity index (χ3v) is 5.50.